The molecule has 14 heavy (non-hydrogen) atoms. The smallest absolute Gasteiger partial charge is 0.125 e. The van der Waals surface area contributed by atoms with Gasteiger partial charge < -0.3 is 5.32 Å². The fraction of sp³-hybridized carbons (Fsp3) is 0.455. The van der Waals surface area contributed by atoms with E-state index < -0.39 is 5.67 Å². The summed E-state index contributed by atoms with van der Waals surface area (Å²) in [6.45, 7) is 1.83. The second kappa shape index (κ2) is 3.23. The summed E-state index contributed by atoms with van der Waals surface area (Å²) in [5, 5.41) is 2.94. The maximum absolute atomic E-state index is 13.6. The number of halogens is 2. The highest BCUT2D eigenvalue weighted by molar-refractivity contribution is 5.52. The molecule has 0 radical (unpaired) electrons. The molecule has 1 nitrogen and oxygen atoms in total. The topological polar surface area (TPSA) is 12.0 Å². The van der Waals surface area contributed by atoms with E-state index in [2.05, 4.69) is 5.32 Å². The molecule has 0 bridgehead atoms. The Kier molecular flexibility index (Phi) is 2.17. The molecule has 1 aromatic carbocycles. The minimum Gasteiger partial charge on any atom is -0.382 e. The average molecular weight is 197 g/mol. The molecule has 1 N–H and O–H groups in total. The van der Waals surface area contributed by atoms with Gasteiger partial charge in [-0.15, -0.1) is 0 Å². The van der Waals surface area contributed by atoms with E-state index in [1.54, 1.807) is 13.0 Å². The van der Waals surface area contributed by atoms with E-state index in [4.69, 9.17) is 0 Å². The molecule has 0 spiro atoms. The van der Waals surface area contributed by atoms with Crippen molar-refractivity contribution >= 4 is 5.69 Å². The van der Waals surface area contributed by atoms with Crippen LogP contribution in [-0.2, 0) is 6.42 Å². The molecule has 0 amide bonds. The van der Waals surface area contributed by atoms with Crippen LogP contribution in [0.3, 0.4) is 0 Å². The van der Waals surface area contributed by atoms with Crippen LogP contribution >= 0.6 is 0 Å². The summed E-state index contributed by atoms with van der Waals surface area (Å²) in [6, 6.07) is 4.57. The quantitative estimate of drug-likeness (QED) is 0.674. The zero-order chi connectivity index (χ0) is 10.2. The predicted molar refractivity (Wildman–Crippen MR) is 52.7 cm³/mol. The van der Waals surface area contributed by atoms with Crippen molar-refractivity contribution in [3.05, 3.63) is 29.6 Å². The summed E-state index contributed by atoms with van der Waals surface area (Å²) in [6.07, 6.45) is 1.15. The number of benzene rings is 1. The van der Waals surface area contributed by atoms with E-state index in [0.717, 1.165) is 11.3 Å². The molecule has 1 heterocycles. The van der Waals surface area contributed by atoms with E-state index >= 15 is 0 Å². The molecule has 1 aromatic rings. The molecular formula is C11H13F2N. The fourth-order valence-electron chi connectivity index (χ4n) is 1.69. The lowest BCUT2D eigenvalue weighted by molar-refractivity contribution is 0.195. The van der Waals surface area contributed by atoms with Crippen LogP contribution in [0.25, 0.3) is 0 Å². The normalized spacial score (nSPS) is 26.2. The number of rotatable bonds is 0. The molecule has 1 aliphatic heterocycles. The minimum absolute atomic E-state index is 0.253. The lowest BCUT2D eigenvalue weighted by Crippen LogP contribution is -2.27. The van der Waals surface area contributed by atoms with Crippen molar-refractivity contribution in [2.45, 2.75) is 25.4 Å². The van der Waals surface area contributed by atoms with Crippen LogP contribution in [0.5, 0.6) is 0 Å². The van der Waals surface area contributed by atoms with Gasteiger partial charge in [-0.05, 0) is 37.5 Å². The predicted octanol–water partition coefficient (Wildman–Crippen LogP) is 2.91. The van der Waals surface area contributed by atoms with E-state index in [1.807, 2.05) is 0 Å². The highest BCUT2D eigenvalue weighted by Crippen LogP contribution is 2.28. The Balaban J connectivity index is 2.30. The number of anilines is 1. The summed E-state index contributed by atoms with van der Waals surface area (Å²) in [4.78, 5) is 0. The average Bonchev–Trinajstić information content (AvgIpc) is 2.26. The largest absolute Gasteiger partial charge is 0.382 e. The number of hydrogen-bond donors (Lipinski definition) is 1. The Morgan fingerprint density at radius 3 is 3.00 bits per heavy atom. The molecule has 1 aliphatic rings. The zero-order valence-corrected chi connectivity index (χ0v) is 8.11. The summed E-state index contributed by atoms with van der Waals surface area (Å²) in [5.41, 5.74) is 0.523. The molecule has 1 unspecified atom stereocenters. The minimum atomic E-state index is -1.20. The first-order chi connectivity index (χ1) is 6.57. The fourth-order valence-corrected chi connectivity index (χ4v) is 1.69. The van der Waals surface area contributed by atoms with Crippen molar-refractivity contribution in [2.75, 3.05) is 11.9 Å². The first kappa shape index (κ1) is 9.44. The van der Waals surface area contributed by atoms with Crippen molar-refractivity contribution in [2.24, 2.45) is 0 Å². The molecule has 0 saturated heterocycles. The van der Waals surface area contributed by atoms with Crippen LogP contribution in [0, 0.1) is 5.82 Å². The molecule has 76 valence electrons. The SMILES string of the molecule is CC1(F)CCc2ccc(F)cc2NC1. The van der Waals surface area contributed by atoms with E-state index in [0.29, 0.717) is 12.8 Å². The Morgan fingerprint density at radius 2 is 2.21 bits per heavy atom. The third-order valence-electron chi connectivity index (χ3n) is 2.63. The lowest BCUT2D eigenvalue weighted by Gasteiger charge is -2.17. The Hall–Kier alpha value is -1.12. The van der Waals surface area contributed by atoms with Gasteiger partial charge in [0.15, 0.2) is 0 Å². The van der Waals surface area contributed by atoms with Gasteiger partial charge in [0.25, 0.3) is 0 Å². The maximum Gasteiger partial charge on any atom is 0.125 e. The first-order valence-electron chi connectivity index (χ1n) is 4.78. The molecule has 0 aromatic heterocycles. The van der Waals surface area contributed by atoms with Crippen LogP contribution in [0.15, 0.2) is 18.2 Å². The molecular weight excluding hydrogens is 184 g/mol. The van der Waals surface area contributed by atoms with Crippen LogP contribution in [0.1, 0.15) is 18.9 Å². The van der Waals surface area contributed by atoms with Crippen molar-refractivity contribution in [1.29, 1.82) is 0 Å². The van der Waals surface area contributed by atoms with Gasteiger partial charge in [-0.25, -0.2) is 8.78 Å². The number of aryl methyl sites for hydroxylation is 1. The highest BCUT2D eigenvalue weighted by Gasteiger charge is 2.26. The van der Waals surface area contributed by atoms with E-state index in [9.17, 15) is 8.78 Å². The first-order valence-corrected chi connectivity index (χ1v) is 4.78. The van der Waals surface area contributed by atoms with Crippen LogP contribution in [0.4, 0.5) is 14.5 Å². The Bertz CT molecular complexity index is 347. The zero-order valence-electron chi connectivity index (χ0n) is 8.11. The summed E-state index contributed by atoms with van der Waals surface area (Å²) in [5.74, 6) is -0.279. The van der Waals surface area contributed by atoms with Gasteiger partial charge in [-0.3, -0.25) is 0 Å². The summed E-state index contributed by atoms with van der Waals surface area (Å²) < 4.78 is 26.5. The van der Waals surface area contributed by atoms with Crippen molar-refractivity contribution < 1.29 is 8.78 Å². The maximum atomic E-state index is 13.6. The Labute approximate surface area is 82.1 Å². The van der Waals surface area contributed by atoms with Gasteiger partial charge in [0.1, 0.15) is 11.5 Å². The molecule has 0 saturated carbocycles. The second-order valence-electron chi connectivity index (χ2n) is 4.07. The third-order valence-corrected chi connectivity index (χ3v) is 2.63. The van der Waals surface area contributed by atoms with Gasteiger partial charge in [0.2, 0.25) is 0 Å². The van der Waals surface area contributed by atoms with E-state index in [-0.39, 0.29) is 12.4 Å². The van der Waals surface area contributed by atoms with Gasteiger partial charge in [-0.1, -0.05) is 6.07 Å². The van der Waals surface area contributed by atoms with Crippen molar-refractivity contribution in [3.63, 3.8) is 0 Å². The number of fused-ring (bicyclic) bond motifs is 1. The molecule has 1 atom stereocenters. The standard InChI is InChI=1S/C11H13F2N/c1-11(13)5-4-8-2-3-9(12)6-10(8)14-7-11/h2-3,6,14H,4-5,7H2,1H3. The second-order valence-corrected chi connectivity index (χ2v) is 4.07. The monoisotopic (exact) mass is 197 g/mol. The third kappa shape index (κ3) is 1.86. The van der Waals surface area contributed by atoms with Gasteiger partial charge in [0, 0.05) is 12.2 Å². The van der Waals surface area contributed by atoms with Gasteiger partial charge >= 0.3 is 0 Å². The van der Waals surface area contributed by atoms with Crippen LogP contribution in [-0.4, -0.2) is 12.2 Å². The van der Waals surface area contributed by atoms with Crippen LogP contribution in [0.2, 0.25) is 0 Å². The molecule has 3 heteroatoms. The lowest BCUT2D eigenvalue weighted by atomic mass is 10.0. The summed E-state index contributed by atoms with van der Waals surface area (Å²) in [7, 11) is 0. The van der Waals surface area contributed by atoms with E-state index in [1.165, 1.54) is 12.1 Å². The van der Waals surface area contributed by atoms with Gasteiger partial charge in [0.05, 0.1) is 0 Å². The van der Waals surface area contributed by atoms with Crippen LogP contribution < -0.4 is 5.32 Å². The molecule has 0 aliphatic carbocycles. The highest BCUT2D eigenvalue weighted by atomic mass is 19.1. The van der Waals surface area contributed by atoms with Gasteiger partial charge in [-0.2, -0.15) is 0 Å². The van der Waals surface area contributed by atoms with Crippen molar-refractivity contribution in [1.82, 2.24) is 0 Å². The number of alkyl halides is 1. The molecule has 0 fully saturated rings. The Morgan fingerprint density at radius 1 is 1.43 bits per heavy atom. The number of nitrogens with one attached hydrogen (secondary N) is 1. The number of hydrogen-bond acceptors (Lipinski definition) is 1. The molecule has 2 rings (SSSR count). The van der Waals surface area contributed by atoms with Crippen molar-refractivity contribution in [3.8, 4) is 0 Å². The summed E-state index contributed by atoms with van der Waals surface area (Å²) >= 11 is 0.